The number of amides is 1. The highest BCUT2D eigenvalue weighted by Gasteiger charge is 2.24. The average Bonchev–Trinajstić information content (AvgIpc) is 2.83. The van der Waals surface area contributed by atoms with Crippen molar-refractivity contribution in [3.63, 3.8) is 0 Å². The summed E-state index contributed by atoms with van der Waals surface area (Å²) in [7, 11) is 0. The molecule has 0 unspecified atom stereocenters. The topological polar surface area (TPSA) is 101 Å². The van der Waals surface area contributed by atoms with Crippen LogP contribution in [0.3, 0.4) is 0 Å². The van der Waals surface area contributed by atoms with Crippen molar-refractivity contribution in [3.05, 3.63) is 105 Å². The maximum Gasteiger partial charge on any atom is 0.330 e. The molecule has 3 N–H and O–H groups in total. The van der Waals surface area contributed by atoms with Crippen molar-refractivity contribution in [2.45, 2.75) is 39.3 Å². The molecule has 3 aromatic carbocycles. The molecule has 7 nitrogen and oxygen atoms in total. The van der Waals surface area contributed by atoms with Crippen LogP contribution in [0.15, 0.2) is 82.4 Å². The summed E-state index contributed by atoms with van der Waals surface area (Å²) in [6.45, 7) is 2.53. The Balaban J connectivity index is 1.75. The van der Waals surface area contributed by atoms with E-state index in [1.165, 1.54) is 9.47 Å². The van der Waals surface area contributed by atoms with Crippen LogP contribution in [0.25, 0.3) is 10.8 Å². The number of aromatic amines is 1. The first-order valence-corrected chi connectivity index (χ1v) is 11.4. The average molecular weight is 457 g/mol. The predicted octanol–water partition coefficient (Wildman–Crippen LogP) is 3.85. The number of nitrogens with one attached hydrogen (secondary N) is 1. The van der Waals surface area contributed by atoms with E-state index in [1.54, 1.807) is 0 Å². The molecule has 1 aromatic heterocycles. The lowest BCUT2D eigenvalue weighted by Crippen LogP contribution is -2.41. The minimum absolute atomic E-state index is 0.00462. The minimum Gasteiger partial charge on any atom is -0.383 e. The Labute approximate surface area is 197 Å². The highest BCUT2D eigenvalue weighted by Crippen LogP contribution is 2.22. The smallest absolute Gasteiger partial charge is 0.330 e. The van der Waals surface area contributed by atoms with E-state index in [2.05, 4.69) is 4.98 Å². The number of rotatable bonds is 8. The van der Waals surface area contributed by atoms with Crippen LogP contribution in [0, 0.1) is 0 Å². The quantitative estimate of drug-likeness (QED) is 0.420. The first-order valence-electron chi connectivity index (χ1n) is 11.4. The first-order chi connectivity index (χ1) is 16.5. The molecule has 4 rings (SSSR count). The Morgan fingerprint density at radius 3 is 2.38 bits per heavy atom. The van der Waals surface area contributed by atoms with Crippen LogP contribution in [0.2, 0.25) is 0 Å². The molecule has 0 aliphatic rings. The zero-order valence-corrected chi connectivity index (χ0v) is 19.2. The van der Waals surface area contributed by atoms with Gasteiger partial charge in [-0.15, -0.1) is 0 Å². The number of anilines is 2. The molecule has 0 bridgehead atoms. The van der Waals surface area contributed by atoms with Gasteiger partial charge in [-0.05, 0) is 28.3 Å². The number of fused-ring (bicyclic) bond motifs is 1. The van der Waals surface area contributed by atoms with Gasteiger partial charge in [-0.3, -0.25) is 24.0 Å². The SMILES string of the molecule is CCCCn1c(N)c(N(Cc2ccccc2)C(=O)Cc2ccc3ccccc3c2)c(=O)[nH]c1=O. The number of nitrogens with zero attached hydrogens (tertiary/aromatic N) is 2. The summed E-state index contributed by atoms with van der Waals surface area (Å²) in [6, 6.07) is 23.2. The largest absolute Gasteiger partial charge is 0.383 e. The second-order valence-corrected chi connectivity index (χ2v) is 8.32. The van der Waals surface area contributed by atoms with Gasteiger partial charge in [0.05, 0.1) is 13.0 Å². The van der Waals surface area contributed by atoms with Gasteiger partial charge in [-0.25, -0.2) is 4.79 Å². The molecule has 0 radical (unpaired) electrons. The minimum atomic E-state index is -0.668. The van der Waals surface area contributed by atoms with E-state index in [-0.39, 0.29) is 30.4 Å². The number of aromatic nitrogens is 2. The first kappa shape index (κ1) is 23.0. The summed E-state index contributed by atoms with van der Waals surface area (Å²) in [4.78, 5) is 42.6. The molecule has 0 aliphatic carbocycles. The van der Waals surface area contributed by atoms with E-state index < -0.39 is 11.2 Å². The zero-order valence-electron chi connectivity index (χ0n) is 19.2. The second kappa shape index (κ2) is 10.2. The number of carbonyl (C=O) groups excluding carboxylic acids is 1. The number of nitrogen functional groups attached to an aromatic ring is 1. The van der Waals surface area contributed by atoms with Gasteiger partial charge in [0.15, 0.2) is 5.69 Å². The van der Waals surface area contributed by atoms with Crippen LogP contribution >= 0.6 is 0 Å². The molecule has 0 saturated heterocycles. The molecule has 1 amide bonds. The number of hydrogen-bond acceptors (Lipinski definition) is 4. The Morgan fingerprint density at radius 2 is 1.65 bits per heavy atom. The normalized spacial score (nSPS) is 11.0. The monoisotopic (exact) mass is 456 g/mol. The van der Waals surface area contributed by atoms with E-state index in [0.29, 0.717) is 6.54 Å². The van der Waals surface area contributed by atoms with Gasteiger partial charge in [0, 0.05) is 6.54 Å². The van der Waals surface area contributed by atoms with E-state index in [1.807, 2.05) is 79.7 Å². The Bertz CT molecular complexity index is 1420. The lowest BCUT2D eigenvalue weighted by Gasteiger charge is -2.25. The predicted molar refractivity (Wildman–Crippen MR) is 136 cm³/mol. The lowest BCUT2D eigenvalue weighted by atomic mass is 10.0. The summed E-state index contributed by atoms with van der Waals surface area (Å²) in [5.41, 5.74) is 6.78. The van der Waals surface area contributed by atoms with Crippen LogP contribution in [0.1, 0.15) is 30.9 Å². The van der Waals surface area contributed by atoms with Crippen molar-refractivity contribution in [1.29, 1.82) is 0 Å². The summed E-state index contributed by atoms with van der Waals surface area (Å²) in [5.74, 6) is -0.276. The van der Waals surface area contributed by atoms with E-state index >= 15 is 0 Å². The van der Waals surface area contributed by atoms with Gasteiger partial charge in [0.2, 0.25) is 5.91 Å². The number of H-pyrrole nitrogens is 1. The molecule has 0 aliphatic heterocycles. The number of benzene rings is 3. The van der Waals surface area contributed by atoms with E-state index in [9.17, 15) is 14.4 Å². The van der Waals surface area contributed by atoms with Crippen molar-refractivity contribution in [3.8, 4) is 0 Å². The fraction of sp³-hybridized carbons (Fsp3) is 0.222. The van der Waals surface area contributed by atoms with Crippen LogP contribution in [-0.2, 0) is 24.3 Å². The third kappa shape index (κ3) is 4.93. The standard InChI is InChI=1S/C27H28N4O3/c1-2-3-15-30-25(28)24(26(33)29-27(30)34)31(18-19-9-5-4-6-10-19)23(32)17-20-13-14-21-11-7-8-12-22(21)16-20/h4-14,16H,2-3,15,17-18,28H2,1H3,(H,29,33,34). The van der Waals surface area contributed by atoms with Crippen LogP contribution in [-0.4, -0.2) is 15.5 Å². The van der Waals surface area contributed by atoms with Gasteiger partial charge in [0.1, 0.15) is 5.82 Å². The number of nitrogens with two attached hydrogens (primary N) is 1. The highest BCUT2D eigenvalue weighted by atomic mass is 16.2. The fourth-order valence-corrected chi connectivity index (χ4v) is 4.05. The molecule has 0 spiro atoms. The Kier molecular flexibility index (Phi) is 6.92. The molecule has 7 heteroatoms. The zero-order chi connectivity index (χ0) is 24.1. The fourth-order valence-electron chi connectivity index (χ4n) is 4.05. The van der Waals surface area contributed by atoms with E-state index in [0.717, 1.165) is 34.7 Å². The highest BCUT2D eigenvalue weighted by molar-refractivity contribution is 5.97. The third-order valence-electron chi connectivity index (χ3n) is 5.87. The van der Waals surface area contributed by atoms with Gasteiger partial charge in [0.25, 0.3) is 5.56 Å². The Hall–Kier alpha value is -4.13. The van der Waals surface area contributed by atoms with Gasteiger partial charge in [-0.1, -0.05) is 86.1 Å². The summed E-state index contributed by atoms with van der Waals surface area (Å²) < 4.78 is 1.33. The van der Waals surface area contributed by atoms with Crippen molar-refractivity contribution >= 4 is 28.2 Å². The summed E-state index contributed by atoms with van der Waals surface area (Å²) in [6.07, 6.45) is 1.67. The number of unbranched alkanes of at least 4 members (excludes halogenated alkanes) is 1. The molecule has 0 atom stereocenters. The lowest BCUT2D eigenvalue weighted by molar-refractivity contribution is -0.118. The molecule has 1 heterocycles. The molecular formula is C27H28N4O3. The van der Waals surface area contributed by atoms with Crippen molar-refractivity contribution in [2.75, 3.05) is 10.6 Å². The summed E-state index contributed by atoms with van der Waals surface area (Å²) in [5, 5.41) is 2.12. The van der Waals surface area contributed by atoms with Gasteiger partial charge >= 0.3 is 5.69 Å². The summed E-state index contributed by atoms with van der Waals surface area (Å²) >= 11 is 0. The van der Waals surface area contributed by atoms with E-state index in [4.69, 9.17) is 5.73 Å². The molecule has 34 heavy (non-hydrogen) atoms. The molecular weight excluding hydrogens is 428 g/mol. The van der Waals surface area contributed by atoms with Crippen molar-refractivity contribution in [1.82, 2.24) is 9.55 Å². The maximum atomic E-state index is 13.6. The molecule has 0 fully saturated rings. The second-order valence-electron chi connectivity index (χ2n) is 8.32. The maximum absolute atomic E-state index is 13.6. The van der Waals surface area contributed by atoms with Crippen LogP contribution in [0.5, 0.6) is 0 Å². The van der Waals surface area contributed by atoms with Gasteiger partial charge < -0.3 is 5.73 Å². The molecule has 174 valence electrons. The van der Waals surface area contributed by atoms with Crippen LogP contribution in [0.4, 0.5) is 11.5 Å². The molecule has 4 aromatic rings. The van der Waals surface area contributed by atoms with Gasteiger partial charge in [-0.2, -0.15) is 0 Å². The Morgan fingerprint density at radius 1 is 0.941 bits per heavy atom. The molecule has 0 saturated carbocycles. The van der Waals surface area contributed by atoms with Crippen molar-refractivity contribution in [2.24, 2.45) is 0 Å². The van der Waals surface area contributed by atoms with Crippen LogP contribution < -0.4 is 21.9 Å². The van der Waals surface area contributed by atoms with Crippen molar-refractivity contribution < 1.29 is 4.79 Å². The number of carbonyl (C=O) groups is 1. The number of hydrogen-bond donors (Lipinski definition) is 2. The third-order valence-corrected chi connectivity index (χ3v) is 5.87.